The highest BCUT2D eigenvalue weighted by Gasteiger charge is 2.30. The first-order valence-corrected chi connectivity index (χ1v) is 9.49. The van der Waals surface area contributed by atoms with Crippen LogP contribution in [-0.2, 0) is 17.9 Å². The van der Waals surface area contributed by atoms with Crippen molar-refractivity contribution in [1.82, 2.24) is 15.5 Å². The topological polar surface area (TPSA) is 70.7 Å². The van der Waals surface area contributed by atoms with Gasteiger partial charge < -0.3 is 10.1 Å². The number of thiophene rings is 1. The number of hydrogen-bond acceptors (Lipinski definition) is 5. The Labute approximate surface area is 157 Å². The lowest BCUT2D eigenvalue weighted by molar-refractivity contribution is -0.121. The molecule has 7 heteroatoms. The van der Waals surface area contributed by atoms with Gasteiger partial charge in [-0.3, -0.25) is 15.0 Å². The Morgan fingerprint density at radius 3 is 2.62 bits per heavy atom. The molecular weight excluding hydrogens is 350 g/mol. The summed E-state index contributed by atoms with van der Waals surface area (Å²) in [5, 5.41) is 7.07. The molecule has 1 aromatic carbocycles. The van der Waals surface area contributed by atoms with Gasteiger partial charge in [-0.15, -0.1) is 11.3 Å². The van der Waals surface area contributed by atoms with Crippen molar-refractivity contribution < 1.29 is 14.3 Å². The van der Waals surface area contributed by atoms with E-state index in [1.807, 2.05) is 41.8 Å². The van der Waals surface area contributed by atoms with E-state index in [9.17, 15) is 9.59 Å². The Balaban J connectivity index is 1.47. The molecule has 138 valence electrons. The molecule has 1 fully saturated rings. The summed E-state index contributed by atoms with van der Waals surface area (Å²) >= 11 is 1.57. The van der Waals surface area contributed by atoms with E-state index in [4.69, 9.17) is 4.74 Å². The van der Waals surface area contributed by atoms with Crippen LogP contribution < -0.4 is 15.4 Å². The fraction of sp³-hybridized carbons (Fsp3) is 0.368. The van der Waals surface area contributed by atoms with Crippen LogP contribution in [0.2, 0.25) is 0 Å². The molecular formula is C19H23N3O3S. The monoisotopic (exact) mass is 373 g/mol. The van der Waals surface area contributed by atoms with Crippen molar-refractivity contribution in [3.63, 3.8) is 0 Å². The predicted molar refractivity (Wildman–Crippen MR) is 101 cm³/mol. The maximum atomic E-state index is 12.2. The largest absolute Gasteiger partial charge is 0.497 e. The summed E-state index contributed by atoms with van der Waals surface area (Å²) in [4.78, 5) is 27.3. The number of amides is 3. The molecule has 0 spiro atoms. The zero-order valence-electron chi connectivity index (χ0n) is 14.7. The van der Waals surface area contributed by atoms with Gasteiger partial charge >= 0.3 is 6.03 Å². The molecule has 0 atom stereocenters. The zero-order chi connectivity index (χ0) is 18.4. The summed E-state index contributed by atoms with van der Waals surface area (Å²) in [6.07, 6.45) is 2.18. The molecule has 0 bridgehead atoms. The Bertz CT molecular complexity index is 727. The minimum absolute atomic E-state index is 0.211. The quantitative estimate of drug-likeness (QED) is 0.746. The normalized spacial score (nSPS) is 13.5. The second kappa shape index (κ2) is 8.82. The number of nitrogens with one attached hydrogen (secondary N) is 2. The summed E-state index contributed by atoms with van der Waals surface area (Å²) in [5.74, 6) is 0.529. The van der Waals surface area contributed by atoms with Gasteiger partial charge in [0.2, 0.25) is 5.91 Å². The van der Waals surface area contributed by atoms with Crippen LogP contribution in [0.1, 0.15) is 23.3 Å². The van der Waals surface area contributed by atoms with Crippen LogP contribution in [-0.4, -0.2) is 36.5 Å². The Hall–Kier alpha value is -2.38. The van der Waals surface area contributed by atoms with Gasteiger partial charge in [0.25, 0.3) is 0 Å². The van der Waals surface area contributed by atoms with Gasteiger partial charge in [-0.1, -0.05) is 18.2 Å². The van der Waals surface area contributed by atoms with Gasteiger partial charge in [0.1, 0.15) is 5.75 Å². The van der Waals surface area contributed by atoms with E-state index in [0.29, 0.717) is 19.1 Å². The van der Waals surface area contributed by atoms with Crippen molar-refractivity contribution in [2.75, 3.05) is 13.7 Å². The second-order valence-corrected chi connectivity index (χ2v) is 7.33. The van der Waals surface area contributed by atoms with Crippen molar-refractivity contribution in [3.05, 3.63) is 52.2 Å². The number of urea groups is 1. The van der Waals surface area contributed by atoms with Crippen molar-refractivity contribution in [2.24, 2.45) is 0 Å². The molecule has 1 heterocycles. The molecule has 1 aliphatic carbocycles. The smallest absolute Gasteiger partial charge is 0.321 e. The standard InChI is InChI=1S/C19H23N3O3S/c1-25-16-8-4-14(5-9-16)12-22(15-6-7-15)13-18(23)21-19(24)20-11-17-3-2-10-26-17/h2-5,8-10,15H,6-7,11-13H2,1H3,(H2,20,21,23,24). The molecule has 0 unspecified atom stereocenters. The number of carbonyl (C=O) groups is 2. The van der Waals surface area contributed by atoms with Crippen LogP contribution in [0.5, 0.6) is 5.75 Å². The van der Waals surface area contributed by atoms with E-state index in [0.717, 1.165) is 29.0 Å². The first-order chi connectivity index (χ1) is 12.6. The average molecular weight is 373 g/mol. The second-order valence-electron chi connectivity index (χ2n) is 6.29. The first kappa shape index (κ1) is 18.4. The maximum Gasteiger partial charge on any atom is 0.321 e. The fourth-order valence-corrected chi connectivity index (χ4v) is 3.34. The number of carbonyl (C=O) groups excluding carboxylic acids is 2. The third kappa shape index (κ3) is 5.57. The molecule has 1 saturated carbocycles. The van der Waals surface area contributed by atoms with Crippen molar-refractivity contribution in [3.8, 4) is 5.75 Å². The van der Waals surface area contributed by atoms with E-state index in [1.54, 1.807) is 18.4 Å². The molecule has 1 aromatic heterocycles. The number of methoxy groups -OCH3 is 1. The molecule has 2 N–H and O–H groups in total. The summed E-state index contributed by atoms with van der Waals surface area (Å²) < 4.78 is 5.17. The minimum Gasteiger partial charge on any atom is -0.497 e. The van der Waals surface area contributed by atoms with Gasteiger partial charge in [-0.05, 0) is 42.0 Å². The summed E-state index contributed by atoms with van der Waals surface area (Å²) in [5.41, 5.74) is 1.12. The zero-order valence-corrected chi connectivity index (χ0v) is 15.6. The van der Waals surface area contributed by atoms with Gasteiger partial charge in [-0.25, -0.2) is 4.79 Å². The van der Waals surface area contributed by atoms with Crippen LogP contribution in [0.3, 0.4) is 0 Å². The van der Waals surface area contributed by atoms with E-state index >= 15 is 0 Å². The number of nitrogens with zero attached hydrogens (tertiary/aromatic N) is 1. The van der Waals surface area contributed by atoms with Crippen LogP contribution in [0.25, 0.3) is 0 Å². The molecule has 2 aromatic rings. The Morgan fingerprint density at radius 1 is 1.23 bits per heavy atom. The highest BCUT2D eigenvalue weighted by atomic mass is 32.1. The molecule has 0 aliphatic heterocycles. The maximum absolute atomic E-state index is 12.2. The number of ether oxygens (including phenoxy) is 1. The van der Waals surface area contributed by atoms with E-state index in [2.05, 4.69) is 15.5 Å². The molecule has 1 aliphatic rings. The van der Waals surface area contributed by atoms with E-state index < -0.39 is 6.03 Å². The lowest BCUT2D eigenvalue weighted by Crippen LogP contribution is -2.44. The summed E-state index contributed by atoms with van der Waals surface area (Å²) in [6.45, 7) is 1.32. The number of benzene rings is 1. The number of imide groups is 1. The van der Waals surface area contributed by atoms with Gasteiger partial charge in [0.15, 0.2) is 0 Å². The Kier molecular flexibility index (Phi) is 6.25. The first-order valence-electron chi connectivity index (χ1n) is 8.61. The average Bonchev–Trinajstić information content (AvgIpc) is 3.36. The minimum atomic E-state index is -0.455. The van der Waals surface area contributed by atoms with Crippen LogP contribution >= 0.6 is 11.3 Å². The highest BCUT2D eigenvalue weighted by Crippen LogP contribution is 2.28. The molecule has 3 amide bonds. The van der Waals surface area contributed by atoms with Crippen molar-refractivity contribution in [1.29, 1.82) is 0 Å². The lowest BCUT2D eigenvalue weighted by atomic mass is 10.2. The SMILES string of the molecule is COc1ccc(CN(CC(=O)NC(=O)NCc2cccs2)C2CC2)cc1. The van der Waals surface area contributed by atoms with Crippen molar-refractivity contribution in [2.45, 2.75) is 32.0 Å². The van der Waals surface area contributed by atoms with E-state index in [-0.39, 0.29) is 12.5 Å². The van der Waals surface area contributed by atoms with Gasteiger partial charge in [-0.2, -0.15) is 0 Å². The molecule has 26 heavy (non-hydrogen) atoms. The fourth-order valence-electron chi connectivity index (χ4n) is 2.69. The van der Waals surface area contributed by atoms with Gasteiger partial charge in [0, 0.05) is 17.5 Å². The molecule has 0 radical (unpaired) electrons. The number of rotatable bonds is 8. The number of hydrogen-bond donors (Lipinski definition) is 2. The molecule has 6 nitrogen and oxygen atoms in total. The molecule has 3 rings (SSSR count). The van der Waals surface area contributed by atoms with Crippen LogP contribution in [0, 0.1) is 0 Å². The van der Waals surface area contributed by atoms with Crippen molar-refractivity contribution >= 4 is 23.3 Å². The summed E-state index contributed by atoms with van der Waals surface area (Å²) in [6, 6.07) is 11.7. The third-order valence-electron chi connectivity index (χ3n) is 4.21. The summed E-state index contributed by atoms with van der Waals surface area (Å²) in [7, 11) is 1.64. The predicted octanol–water partition coefficient (Wildman–Crippen LogP) is 2.75. The third-order valence-corrected chi connectivity index (χ3v) is 5.09. The lowest BCUT2D eigenvalue weighted by Gasteiger charge is -2.21. The van der Waals surface area contributed by atoms with E-state index in [1.165, 1.54) is 0 Å². The van der Waals surface area contributed by atoms with Crippen LogP contribution in [0.4, 0.5) is 4.79 Å². The Morgan fingerprint density at radius 2 is 2.00 bits per heavy atom. The van der Waals surface area contributed by atoms with Gasteiger partial charge in [0.05, 0.1) is 20.2 Å². The van der Waals surface area contributed by atoms with Crippen LogP contribution in [0.15, 0.2) is 41.8 Å². The molecule has 0 saturated heterocycles. The highest BCUT2D eigenvalue weighted by molar-refractivity contribution is 7.09.